The van der Waals surface area contributed by atoms with Gasteiger partial charge in [0.2, 0.25) is 6.79 Å². The highest BCUT2D eigenvalue weighted by atomic mass is 19.1. The Hall–Kier alpha value is -2.80. The molecule has 144 valence electrons. The van der Waals surface area contributed by atoms with Crippen LogP contribution in [-0.2, 0) is 19.6 Å². The first kappa shape index (κ1) is 19.0. The Morgan fingerprint density at radius 2 is 1.93 bits per heavy atom. The molecule has 3 rings (SSSR count). The number of hydrogen-bond donors (Lipinski definition) is 3. The second kappa shape index (κ2) is 9.23. The Balaban J connectivity index is 1.56. The van der Waals surface area contributed by atoms with E-state index in [1.165, 1.54) is 6.07 Å². The summed E-state index contributed by atoms with van der Waals surface area (Å²) in [7, 11) is 0. The number of aliphatic hydroxyl groups is 1. The average molecular weight is 373 g/mol. The molecule has 1 heterocycles. The van der Waals surface area contributed by atoms with Crippen molar-refractivity contribution in [3.05, 3.63) is 58.9 Å². The van der Waals surface area contributed by atoms with Gasteiger partial charge in [0.15, 0.2) is 17.5 Å². The molecule has 7 heteroatoms. The third-order valence-corrected chi connectivity index (χ3v) is 4.19. The summed E-state index contributed by atoms with van der Waals surface area (Å²) in [6.07, 6.45) is 0.812. The minimum atomic E-state index is -0.404. The molecule has 0 spiro atoms. The van der Waals surface area contributed by atoms with Crippen molar-refractivity contribution in [3.63, 3.8) is 0 Å². The molecule has 1 aliphatic rings. The van der Waals surface area contributed by atoms with E-state index in [1.807, 2.05) is 25.1 Å². The van der Waals surface area contributed by atoms with E-state index in [1.54, 1.807) is 12.1 Å². The van der Waals surface area contributed by atoms with Crippen LogP contribution in [0.4, 0.5) is 4.39 Å². The van der Waals surface area contributed by atoms with Gasteiger partial charge >= 0.3 is 0 Å². The number of fused-ring (bicyclic) bond motifs is 1. The van der Waals surface area contributed by atoms with Crippen LogP contribution in [0.1, 0.15) is 23.6 Å². The Morgan fingerprint density at radius 1 is 1.11 bits per heavy atom. The monoisotopic (exact) mass is 373 g/mol. The maximum atomic E-state index is 13.5. The molecular weight excluding hydrogens is 349 g/mol. The van der Waals surface area contributed by atoms with Gasteiger partial charge in [-0.1, -0.05) is 12.1 Å². The van der Waals surface area contributed by atoms with Crippen molar-refractivity contribution >= 4 is 5.96 Å². The fourth-order valence-electron chi connectivity index (χ4n) is 2.78. The standard InChI is InChI=1S/C20H24FN3O3/c1-2-22-20(24-11-15-3-5-17(21)16(9-15)12-25)23-8-7-14-4-6-18-19(10-14)27-13-26-18/h3-6,9-10,25H,2,7-8,11-13H2,1H3,(H2,22,23,24). The zero-order valence-electron chi connectivity index (χ0n) is 15.3. The minimum absolute atomic E-state index is 0.273. The molecular formula is C20H24FN3O3. The Morgan fingerprint density at radius 3 is 2.74 bits per heavy atom. The van der Waals surface area contributed by atoms with Gasteiger partial charge in [-0.3, -0.25) is 0 Å². The van der Waals surface area contributed by atoms with Gasteiger partial charge < -0.3 is 25.2 Å². The van der Waals surface area contributed by atoms with E-state index in [2.05, 4.69) is 15.6 Å². The maximum absolute atomic E-state index is 13.5. The molecule has 0 unspecified atom stereocenters. The van der Waals surface area contributed by atoms with Gasteiger partial charge in [0.05, 0.1) is 13.2 Å². The summed E-state index contributed by atoms with van der Waals surface area (Å²) in [4.78, 5) is 4.52. The third kappa shape index (κ3) is 5.10. The third-order valence-electron chi connectivity index (χ3n) is 4.19. The topological polar surface area (TPSA) is 75.1 Å². The summed E-state index contributed by atoms with van der Waals surface area (Å²) in [6, 6.07) is 10.6. The highest BCUT2D eigenvalue weighted by Crippen LogP contribution is 2.32. The van der Waals surface area contributed by atoms with Crippen molar-refractivity contribution in [1.82, 2.24) is 10.6 Å². The lowest BCUT2D eigenvalue weighted by molar-refractivity contribution is 0.174. The van der Waals surface area contributed by atoms with E-state index in [9.17, 15) is 9.50 Å². The normalized spacial score (nSPS) is 12.9. The van der Waals surface area contributed by atoms with Gasteiger partial charge in [-0.05, 0) is 48.7 Å². The van der Waals surface area contributed by atoms with Crippen molar-refractivity contribution in [3.8, 4) is 11.5 Å². The summed E-state index contributed by atoms with van der Waals surface area (Å²) < 4.78 is 24.2. The van der Waals surface area contributed by atoms with Gasteiger partial charge in [0.25, 0.3) is 0 Å². The molecule has 2 aromatic rings. The van der Waals surface area contributed by atoms with E-state index in [4.69, 9.17) is 9.47 Å². The largest absolute Gasteiger partial charge is 0.454 e. The lowest BCUT2D eigenvalue weighted by Gasteiger charge is -2.12. The van der Waals surface area contributed by atoms with E-state index in [0.717, 1.165) is 35.6 Å². The molecule has 1 aliphatic heterocycles. The molecule has 6 nitrogen and oxygen atoms in total. The van der Waals surface area contributed by atoms with Gasteiger partial charge in [-0.15, -0.1) is 0 Å². The van der Waals surface area contributed by atoms with Crippen LogP contribution in [0.5, 0.6) is 11.5 Å². The fraction of sp³-hybridized carbons (Fsp3) is 0.350. The number of nitrogens with zero attached hydrogens (tertiary/aromatic N) is 1. The summed E-state index contributed by atoms with van der Waals surface area (Å²) >= 11 is 0. The maximum Gasteiger partial charge on any atom is 0.231 e. The van der Waals surface area contributed by atoms with Gasteiger partial charge in [-0.25, -0.2) is 9.38 Å². The number of hydrogen-bond acceptors (Lipinski definition) is 4. The van der Waals surface area contributed by atoms with Crippen molar-refractivity contribution in [2.24, 2.45) is 4.99 Å². The first-order valence-electron chi connectivity index (χ1n) is 8.98. The number of guanidine groups is 1. The number of halogens is 1. The van der Waals surface area contributed by atoms with Gasteiger partial charge in [0.1, 0.15) is 5.82 Å². The van der Waals surface area contributed by atoms with Crippen LogP contribution in [0.25, 0.3) is 0 Å². The van der Waals surface area contributed by atoms with Crippen molar-refractivity contribution in [2.45, 2.75) is 26.5 Å². The summed E-state index contributed by atoms with van der Waals surface area (Å²) in [5, 5.41) is 15.7. The van der Waals surface area contributed by atoms with E-state index in [0.29, 0.717) is 19.0 Å². The number of ether oxygens (including phenoxy) is 2. The van der Waals surface area contributed by atoms with Crippen LogP contribution in [-0.4, -0.2) is 30.9 Å². The molecule has 2 aromatic carbocycles. The molecule has 0 aliphatic carbocycles. The van der Waals surface area contributed by atoms with Crippen LogP contribution >= 0.6 is 0 Å². The molecule has 27 heavy (non-hydrogen) atoms. The van der Waals surface area contributed by atoms with Crippen molar-refractivity contribution < 1.29 is 19.0 Å². The van der Waals surface area contributed by atoms with Crippen LogP contribution < -0.4 is 20.1 Å². The Labute approximate surface area is 158 Å². The summed E-state index contributed by atoms with van der Waals surface area (Å²) in [6.45, 7) is 3.79. The number of aliphatic hydroxyl groups excluding tert-OH is 1. The lowest BCUT2D eigenvalue weighted by Crippen LogP contribution is -2.38. The molecule has 0 aromatic heterocycles. The highest BCUT2D eigenvalue weighted by Gasteiger charge is 2.13. The lowest BCUT2D eigenvalue weighted by atomic mass is 10.1. The van der Waals surface area contributed by atoms with E-state index >= 15 is 0 Å². The average Bonchev–Trinajstić information content (AvgIpc) is 3.15. The predicted octanol–water partition coefficient (Wildman–Crippen LogP) is 2.34. The van der Waals surface area contributed by atoms with Crippen molar-refractivity contribution in [2.75, 3.05) is 19.9 Å². The SMILES string of the molecule is CCNC(=NCc1ccc(F)c(CO)c1)NCCc1ccc2c(c1)OCO2. The number of aliphatic imine (C=N–C) groups is 1. The van der Waals surface area contributed by atoms with E-state index < -0.39 is 5.82 Å². The minimum Gasteiger partial charge on any atom is -0.454 e. The van der Waals surface area contributed by atoms with Crippen LogP contribution in [0.15, 0.2) is 41.4 Å². The number of rotatable bonds is 7. The van der Waals surface area contributed by atoms with Crippen LogP contribution in [0, 0.1) is 5.82 Å². The Bertz CT molecular complexity index is 811. The fourth-order valence-corrected chi connectivity index (χ4v) is 2.78. The molecule has 0 fully saturated rings. The molecule has 0 saturated carbocycles. The first-order chi connectivity index (χ1) is 13.2. The predicted molar refractivity (Wildman–Crippen MR) is 101 cm³/mol. The van der Waals surface area contributed by atoms with E-state index in [-0.39, 0.29) is 19.0 Å². The van der Waals surface area contributed by atoms with Gasteiger partial charge in [0, 0.05) is 18.7 Å². The number of nitrogens with one attached hydrogen (secondary N) is 2. The molecule has 0 radical (unpaired) electrons. The summed E-state index contributed by atoms with van der Waals surface area (Å²) in [5.74, 6) is 1.85. The zero-order valence-corrected chi connectivity index (χ0v) is 15.3. The molecule has 0 saturated heterocycles. The molecule has 0 atom stereocenters. The second-order valence-corrected chi connectivity index (χ2v) is 6.14. The van der Waals surface area contributed by atoms with Crippen LogP contribution in [0.2, 0.25) is 0 Å². The molecule has 0 amide bonds. The number of benzene rings is 2. The quantitative estimate of drug-likeness (QED) is 0.513. The molecule has 0 bridgehead atoms. The first-order valence-corrected chi connectivity index (χ1v) is 8.98. The van der Waals surface area contributed by atoms with Crippen molar-refractivity contribution in [1.29, 1.82) is 0 Å². The smallest absolute Gasteiger partial charge is 0.231 e. The highest BCUT2D eigenvalue weighted by molar-refractivity contribution is 5.79. The van der Waals surface area contributed by atoms with Gasteiger partial charge in [-0.2, -0.15) is 0 Å². The molecule has 3 N–H and O–H groups in total. The zero-order chi connectivity index (χ0) is 19.1. The summed E-state index contributed by atoms with van der Waals surface area (Å²) in [5.41, 5.74) is 2.27. The Kier molecular flexibility index (Phi) is 6.49. The van der Waals surface area contributed by atoms with Crippen LogP contribution in [0.3, 0.4) is 0 Å². The second-order valence-electron chi connectivity index (χ2n) is 6.14.